The van der Waals surface area contributed by atoms with Gasteiger partial charge in [0.2, 0.25) is 11.7 Å². The van der Waals surface area contributed by atoms with Crippen molar-refractivity contribution in [1.82, 2.24) is 9.97 Å². The molecule has 0 saturated carbocycles. The van der Waals surface area contributed by atoms with Gasteiger partial charge in [-0.1, -0.05) is 30.0 Å². The molecule has 1 aromatic heterocycles. The van der Waals surface area contributed by atoms with E-state index in [1.807, 2.05) is 0 Å². The number of thioether (sulfide) groups is 1. The zero-order valence-electron chi connectivity index (χ0n) is 18.2. The number of anilines is 1. The molecule has 33 heavy (non-hydrogen) atoms. The molecule has 2 aromatic carbocycles. The van der Waals surface area contributed by atoms with E-state index in [4.69, 9.17) is 14.2 Å². The molecule has 4 rings (SSSR count). The zero-order chi connectivity index (χ0) is 23.5. The van der Waals surface area contributed by atoms with Gasteiger partial charge in [-0.25, -0.2) is 9.37 Å². The molecular formula is C23H22FN3O5S. The number of nitrogens with zero attached hydrogens (tertiary/aromatic N) is 1. The number of aromatic nitrogens is 2. The van der Waals surface area contributed by atoms with E-state index in [2.05, 4.69) is 15.3 Å². The smallest absolute Gasteiger partial charge is 0.257 e. The van der Waals surface area contributed by atoms with E-state index in [1.165, 1.54) is 45.2 Å². The molecule has 0 bridgehead atoms. The third kappa shape index (κ3) is 4.51. The molecule has 1 aliphatic heterocycles. The van der Waals surface area contributed by atoms with Crippen molar-refractivity contribution in [3.05, 3.63) is 69.3 Å². The van der Waals surface area contributed by atoms with Gasteiger partial charge < -0.3 is 24.5 Å². The lowest BCUT2D eigenvalue weighted by Crippen LogP contribution is -2.31. The Kier molecular flexibility index (Phi) is 6.55. The number of aromatic amines is 1. The zero-order valence-corrected chi connectivity index (χ0v) is 19.0. The third-order valence-corrected chi connectivity index (χ3v) is 6.27. The van der Waals surface area contributed by atoms with Gasteiger partial charge in [-0.15, -0.1) is 0 Å². The van der Waals surface area contributed by atoms with Crippen molar-refractivity contribution in [2.75, 3.05) is 26.6 Å². The molecule has 8 nitrogen and oxygen atoms in total. The summed E-state index contributed by atoms with van der Waals surface area (Å²) in [4.78, 5) is 32.9. The van der Waals surface area contributed by atoms with Crippen LogP contribution in [0.25, 0.3) is 0 Å². The van der Waals surface area contributed by atoms with E-state index in [-0.39, 0.29) is 29.5 Å². The van der Waals surface area contributed by atoms with E-state index in [0.717, 1.165) is 5.56 Å². The number of hydrogen-bond donors (Lipinski definition) is 2. The van der Waals surface area contributed by atoms with Gasteiger partial charge in [0.05, 0.1) is 26.9 Å². The number of fused-ring (bicyclic) bond motifs is 1. The highest BCUT2D eigenvalue weighted by molar-refractivity contribution is 7.98. The lowest BCUT2D eigenvalue weighted by molar-refractivity contribution is -0.116. The maximum absolute atomic E-state index is 13.1. The van der Waals surface area contributed by atoms with Crippen molar-refractivity contribution < 1.29 is 23.4 Å². The largest absolute Gasteiger partial charge is 0.493 e. The molecule has 0 radical (unpaired) electrons. The van der Waals surface area contributed by atoms with Gasteiger partial charge in [-0.05, 0) is 23.8 Å². The van der Waals surface area contributed by atoms with Crippen LogP contribution in [-0.2, 0) is 10.5 Å². The van der Waals surface area contributed by atoms with Gasteiger partial charge in [0.25, 0.3) is 5.56 Å². The van der Waals surface area contributed by atoms with Crippen LogP contribution in [0.15, 0.2) is 46.3 Å². The maximum atomic E-state index is 13.1. The second kappa shape index (κ2) is 9.53. The number of nitrogens with one attached hydrogen (secondary N) is 2. The highest BCUT2D eigenvalue weighted by Gasteiger charge is 2.34. The van der Waals surface area contributed by atoms with Gasteiger partial charge in [0.15, 0.2) is 16.7 Å². The second-order valence-electron chi connectivity index (χ2n) is 7.28. The Morgan fingerprint density at radius 3 is 2.42 bits per heavy atom. The lowest BCUT2D eigenvalue weighted by atomic mass is 9.86. The Balaban J connectivity index is 1.72. The average molecular weight is 472 g/mol. The van der Waals surface area contributed by atoms with E-state index in [1.54, 1.807) is 24.3 Å². The Morgan fingerprint density at radius 1 is 1.03 bits per heavy atom. The summed E-state index contributed by atoms with van der Waals surface area (Å²) in [5.41, 5.74) is 1.47. The Labute approximate surface area is 193 Å². The second-order valence-corrected chi connectivity index (χ2v) is 8.24. The van der Waals surface area contributed by atoms with Crippen molar-refractivity contribution in [3.63, 3.8) is 0 Å². The maximum Gasteiger partial charge on any atom is 0.257 e. The first-order valence-corrected chi connectivity index (χ1v) is 11.0. The van der Waals surface area contributed by atoms with Crippen LogP contribution in [0.4, 0.5) is 10.2 Å². The summed E-state index contributed by atoms with van der Waals surface area (Å²) in [5, 5.41) is 3.06. The number of carbonyl (C=O) groups excluding carboxylic acids is 1. The Bertz CT molecular complexity index is 1250. The Morgan fingerprint density at radius 2 is 1.76 bits per heavy atom. The van der Waals surface area contributed by atoms with Gasteiger partial charge in [0, 0.05) is 23.7 Å². The molecule has 2 N–H and O–H groups in total. The number of ether oxygens (including phenoxy) is 3. The molecule has 3 aromatic rings. The van der Waals surface area contributed by atoms with Gasteiger partial charge in [-0.3, -0.25) is 9.59 Å². The minimum Gasteiger partial charge on any atom is -0.493 e. The number of halogens is 1. The standard InChI is InChI=1S/C23H22FN3O5S/c1-30-16-9-8-14(19(31-2)20(16)32-3)15-10-17(28)25-21-18(15)22(29)27-23(26-21)33-11-12-4-6-13(24)7-5-12/h4-9,15H,10-11H2,1-3H3,(H2,25,26,27,28,29)/t15-/m1/s1. The fraction of sp³-hybridized carbons (Fsp3) is 0.261. The topological polar surface area (TPSA) is 103 Å². The van der Waals surface area contributed by atoms with Crippen LogP contribution in [0, 0.1) is 5.82 Å². The molecule has 0 aliphatic carbocycles. The normalized spacial score (nSPS) is 14.9. The summed E-state index contributed by atoms with van der Waals surface area (Å²) < 4.78 is 29.5. The molecule has 2 heterocycles. The van der Waals surface area contributed by atoms with Gasteiger partial charge in [0.1, 0.15) is 11.6 Å². The number of hydrogen-bond acceptors (Lipinski definition) is 7. The fourth-order valence-corrected chi connectivity index (χ4v) is 4.63. The van der Waals surface area contributed by atoms with Crippen LogP contribution in [0.1, 0.15) is 29.0 Å². The number of carbonyl (C=O) groups is 1. The fourth-order valence-electron chi connectivity index (χ4n) is 3.82. The average Bonchev–Trinajstić information content (AvgIpc) is 2.81. The van der Waals surface area contributed by atoms with Crippen molar-refractivity contribution in [2.45, 2.75) is 23.2 Å². The van der Waals surface area contributed by atoms with Crippen LogP contribution in [0.2, 0.25) is 0 Å². The van der Waals surface area contributed by atoms with E-state index >= 15 is 0 Å². The van der Waals surface area contributed by atoms with Gasteiger partial charge in [-0.2, -0.15) is 0 Å². The van der Waals surface area contributed by atoms with E-state index < -0.39 is 5.92 Å². The number of amides is 1. The summed E-state index contributed by atoms with van der Waals surface area (Å²) in [7, 11) is 4.49. The molecule has 1 atom stereocenters. The minimum atomic E-state index is -0.587. The molecule has 0 unspecified atom stereocenters. The van der Waals surface area contributed by atoms with Crippen molar-refractivity contribution >= 4 is 23.5 Å². The van der Waals surface area contributed by atoms with Crippen LogP contribution in [0.3, 0.4) is 0 Å². The number of benzene rings is 2. The summed E-state index contributed by atoms with van der Waals surface area (Å²) in [6.07, 6.45) is 0.0473. The molecule has 10 heteroatoms. The molecule has 1 aliphatic rings. The SMILES string of the molecule is COc1ccc([C@H]2CC(=O)Nc3nc(SCc4ccc(F)cc4)[nH]c(=O)c32)c(OC)c1OC. The summed E-state index contributed by atoms with van der Waals surface area (Å²) in [6, 6.07) is 9.54. The van der Waals surface area contributed by atoms with E-state index in [9.17, 15) is 14.0 Å². The van der Waals surface area contributed by atoms with Crippen LogP contribution < -0.4 is 25.1 Å². The number of rotatable bonds is 7. The predicted molar refractivity (Wildman–Crippen MR) is 122 cm³/mol. The van der Waals surface area contributed by atoms with Crippen molar-refractivity contribution in [2.24, 2.45) is 0 Å². The summed E-state index contributed by atoms with van der Waals surface area (Å²) >= 11 is 1.28. The monoisotopic (exact) mass is 471 g/mol. The van der Waals surface area contributed by atoms with Crippen LogP contribution in [-0.4, -0.2) is 37.2 Å². The first-order chi connectivity index (χ1) is 15.9. The molecule has 172 valence electrons. The van der Waals surface area contributed by atoms with Crippen molar-refractivity contribution in [3.8, 4) is 17.2 Å². The van der Waals surface area contributed by atoms with Gasteiger partial charge >= 0.3 is 0 Å². The number of H-pyrrole nitrogens is 1. The third-order valence-electron chi connectivity index (χ3n) is 5.33. The highest BCUT2D eigenvalue weighted by atomic mass is 32.2. The lowest BCUT2D eigenvalue weighted by Gasteiger charge is -2.26. The molecule has 1 amide bonds. The molecule has 0 spiro atoms. The van der Waals surface area contributed by atoms with E-state index in [0.29, 0.717) is 39.3 Å². The molecule has 0 saturated heterocycles. The molecule has 0 fully saturated rings. The molecular weight excluding hydrogens is 449 g/mol. The van der Waals surface area contributed by atoms with Crippen LogP contribution >= 0.6 is 11.8 Å². The number of methoxy groups -OCH3 is 3. The summed E-state index contributed by atoms with van der Waals surface area (Å²) in [5.74, 6) is 0.744. The first-order valence-electron chi connectivity index (χ1n) is 10.0. The van der Waals surface area contributed by atoms with Crippen molar-refractivity contribution in [1.29, 1.82) is 0 Å². The van der Waals surface area contributed by atoms with Crippen LogP contribution in [0.5, 0.6) is 17.2 Å². The predicted octanol–water partition coefficient (Wildman–Crippen LogP) is 3.70. The minimum absolute atomic E-state index is 0.0473. The highest BCUT2D eigenvalue weighted by Crippen LogP contribution is 2.46. The quantitative estimate of drug-likeness (QED) is 0.400. The first kappa shape index (κ1) is 22.7. The summed E-state index contributed by atoms with van der Waals surface area (Å²) in [6.45, 7) is 0. The Hall–Kier alpha value is -3.53.